The quantitative estimate of drug-likeness (QED) is 0.708. The van der Waals surface area contributed by atoms with E-state index in [1.54, 1.807) is 13.3 Å². The highest BCUT2D eigenvalue weighted by molar-refractivity contribution is 5.56. The van der Waals surface area contributed by atoms with E-state index >= 15 is 0 Å². The number of methoxy groups -OCH3 is 1. The van der Waals surface area contributed by atoms with E-state index in [0.29, 0.717) is 5.56 Å². The molecule has 1 rings (SSSR count). The molecule has 0 bridgehead atoms. The third kappa shape index (κ3) is 2.94. The van der Waals surface area contributed by atoms with Gasteiger partial charge >= 0.3 is 0 Å². The molecule has 0 aliphatic carbocycles. The van der Waals surface area contributed by atoms with Crippen LogP contribution in [0.15, 0.2) is 12.3 Å². The summed E-state index contributed by atoms with van der Waals surface area (Å²) in [6.07, 6.45) is 2.66. The number of anilines is 1. The Balaban J connectivity index is 2.79. The van der Waals surface area contributed by atoms with Gasteiger partial charge in [0.1, 0.15) is 11.9 Å². The maximum absolute atomic E-state index is 9.08. The molecule has 0 unspecified atom stereocenters. The fourth-order valence-electron chi connectivity index (χ4n) is 1.52. The number of aryl methyl sites for hydroxylation is 1. The zero-order valence-electron chi connectivity index (χ0n) is 10.0. The van der Waals surface area contributed by atoms with Crippen LogP contribution in [0.25, 0.3) is 0 Å². The van der Waals surface area contributed by atoms with Crippen LogP contribution >= 0.6 is 0 Å². The number of nitriles is 1. The Morgan fingerprint density at radius 2 is 2.31 bits per heavy atom. The van der Waals surface area contributed by atoms with Crippen molar-refractivity contribution in [2.24, 2.45) is 0 Å². The molecule has 0 aliphatic rings. The normalized spacial score (nSPS) is 9.88. The van der Waals surface area contributed by atoms with Gasteiger partial charge in [-0.25, -0.2) is 4.98 Å². The second-order valence-corrected chi connectivity index (χ2v) is 3.71. The summed E-state index contributed by atoms with van der Waals surface area (Å²) in [5.74, 6) is 0.749. The summed E-state index contributed by atoms with van der Waals surface area (Å²) in [6, 6.07) is 4.05. The number of aromatic nitrogens is 1. The molecule has 0 atom stereocenters. The first-order valence-corrected chi connectivity index (χ1v) is 5.26. The molecular weight excluding hydrogens is 202 g/mol. The molecular formula is C12H17N3O. The number of pyridine rings is 1. The third-order valence-electron chi connectivity index (χ3n) is 2.45. The van der Waals surface area contributed by atoms with Crippen molar-refractivity contribution in [3.05, 3.63) is 23.4 Å². The Bertz CT molecular complexity index is 384. The van der Waals surface area contributed by atoms with E-state index in [0.717, 1.165) is 31.0 Å². The molecule has 86 valence electrons. The van der Waals surface area contributed by atoms with Gasteiger partial charge in [0.05, 0.1) is 5.56 Å². The van der Waals surface area contributed by atoms with Gasteiger partial charge < -0.3 is 9.64 Å². The van der Waals surface area contributed by atoms with Gasteiger partial charge in [-0.15, -0.1) is 0 Å². The third-order valence-corrected chi connectivity index (χ3v) is 2.45. The standard InChI is InChI=1S/C12H17N3O/c1-10-5-6-14-12(11(10)9-13)15(2)7-4-8-16-3/h5-6H,4,7-8H2,1-3H3. The highest BCUT2D eigenvalue weighted by Crippen LogP contribution is 2.18. The van der Waals surface area contributed by atoms with Crippen molar-refractivity contribution in [2.75, 3.05) is 32.2 Å². The van der Waals surface area contributed by atoms with Crippen molar-refractivity contribution in [3.8, 4) is 6.07 Å². The van der Waals surface area contributed by atoms with Gasteiger partial charge in [0.25, 0.3) is 0 Å². The molecule has 0 fully saturated rings. The molecule has 0 aliphatic heterocycles. The number of ether oxygens (including phenoxy) is 1. The second-order valence-electron chi connectivity index (χ2n) is 3.71. The molecule has 1 aromatic rings. The van der Waals surface area contributed by atoms with Crippen molar-refractivity contribution in [2.45, 2.75) is 13.3 Å². The Morgan fingerprint density at radius 1 is 1.56 bits per heavy atom. The lowest BCUT2D eigenvalue weighted by Gasteiger charge is -2.19. The van der Waals surface area contributed by atoms with Crippen molar-refractivity contribution in [3.63, 3.8) is 0 Å². The van der Waals surface area contributed by atoms with Gasteiger partial charge in [-0.2, -0.15) is 5.26 Å². The number of rotatable bonds is 5. The first-order valence-electron chi connectivity index (χ1n) is 5.26. The maximum Gasteiger partial charge on any atom is 0.146 e. The van der Waals surface area contributed by atoms with Crippen LogP contribution in [-0.2, 0) is 4.74 Å². The van der Waals surface area contributed by atoms with Gasteiger partial charge in [0.15, 0.2) is 0 Å². The van der Waals surface area contributed by atoms with E-state index in [1.165, 1.54) is 0 Å². The first kappa shape index (κ1) is 12.5. The lowest BCUT2D eigenvalue weighted by atomic mass is 10.1. The highest BCUT2D eigenvalue weighted by atomic mass is 16.5. The SMILES string of the molecule is COCCCN(C)c1nccc(C)c1C#N. The summed E-state index contributed by atoms with van der Waals surface area (Å²) in [5.41, 5.74) is 1.62. The molecule has 0 spiro atoms. The summed E-state index contributed by atoms with van der Waals surface area (Å²) in [6.45, 7) is 3.48. The first-order chi connectivity index (χ1) is 7.70. The summed E-state index contributed by atoms with van der Waals surface area (Å²) in [7, 11) is 3.63. The molecule has 4 heteroatoms. The second kappa shape index (κ2) is 6.09. The van der Waals surface area contributed by atoms with Gasteiger partial charge in [-0.05, 0) is 25.0 Å². The largest absolute Gasteiger partial charge is 0.385 e. The van der Waals surface area contributed by atoms with Crippen molar-refractivity contribution < 1.29 is 4.74 Å². The summed E-state index contributed by atoms with van der Waals surface area (Å²) in [4.78, 5) is 6.24. The predicted molar refractivity (Wildman–Crippen MR) is 63.5 cm³/mol. The van der Waals surface area contributed by atoms with Gasteiger partial charge in [0.2, 0.25) is 0 Å². The fourth-order valence-corrected chi connectivity index (χ4v) is 1.52. The Morgan fingerprint density at radius 3 is 2.94 bits per heavy atom. The average molecular weight is 219 g/mol. The molecule has 1 aromatic heterocycles. The zero-order valence-corrected chi connectivity index (χ0v) is 10.0. The average Bonchev–Trinajstić information content (AvgIpc) is 2.29. The molecule has 1 heterocycles. The van der Waals surface area contributed by atoms with Crippen LogP contribution in [0.1, 0.15) is 17.5 Å². The molecule has 0 amide bonds. The zero-order chi connectivity index (χ0) is 12.0. The molecule has 4 nitrogen and oxygen atoms in total. The van der Waals surface area contributed by atoms with Crippen LogP contribution in [0.3, 0.4) is 0 Å². The highest BCUT2D eigenvalue weighted by Gasteiger charge is 2.10. The lowest BCUT2D eigenvalue weighted by molar-refractivity contribution is 0.196. The smallest absolute Gasteiger partial charge is 0.146 e. The minimum absolute atomic E-state index is 0.655. The van der Waals surface area contributed by atoms with E-state index in [-0.39, 0.29) is 0 Å². The molecule has 0 radical (unpaired) electrons. The van der Waals surface area contributed by atoms with Crippen molar-refractivity contribution in [1.29, 1.82) is 5.26 Å². The van der Waals surface area contributed by atoms with E-state index in [1.807, 2.05) is 24.9 Å². The number of hydrogen-bond acceptors (Lipinski definition) is 4. The Hall–Kier alpha value is -1.60. The van der Waals surface area contributed by atoms with Gasteiger partial charge in [-0.1, -0.05) is 0 Å². The maximum atomic E-state index is 9.08. The van der Waals surface area contributed by atoms with Crippen LogP contribution < -0.4 is 4.90 Å². The lowest BCUT2D eigenvalue weighted by Crippen LogP contribution is -2.22. The van der Waals surface area contributed by atoms with Crippen LogP contribution in [0.2, 0.25) is 0 Å². The van der Waals surface area contributed by atoms with Gasteiger partial charge in [-0.3, -0.25) is 0 Å². The molecule has 0 saturated heterocycles. The monoisotopic (exact) mass is 219 g/mol. The van der Waals surface area contributed by atoms with Crippen molar-refractivity contribution >= 4 is 5.82 Å². The van der Waals surface area contributed by atoms with E-state index in [9.17, 15) is 0 Å². The number of nitrogens with zero attached hydrogens (tertiary/aromatic N) is 3. The van der Waals surface area contributed by atoms with E-state index in [2.05, 4.69) is 11.1 Å². The summed E-state index contributed by atoms with van der Waals surface area (Å²) >= 11 is 0. The minimum Gasteiger partial charge on any atom is -0.385 e. The Kier molecular flexibility index (Phi) is 4.74. The fraction of sp³-hybridized carbons (Fsp3) is 0.500. The molecule has 0 N–H and O–H groups in total. The van der Waals surface area contributed by atoms with Crippen LogP contribution in [0.5, 0.6) is 0 Å². The molecule has 16 heavy (non-hydrogen) atoms. The molecule has 0 aromatic carbocycles. The van der Waals surface area contributed by atoms with Crippen LogP contribution in [0.4, 0.5) is 5.82 Å². The van der Waals surface area contributed by atoms with Crippen LogP contribution in [-0.4, -0.2) is 32.3 Å². The molecule has 0 saturated carbocycles. The number of hydrogen-bond donors (Lipinski definition) is 0. The van der Waals surface area contributed by atoms with E-state index in [4.69, 9.17) is 10.00 Å². The Labute approximate surface area is 96.5 Å². The van der Waals surface area contributed by atoms with E-state index < -0.39 is 0 Å². The minimum atomic E-state index is 0.655. The van der Waals surface area contributed by atoms with Crippen molar-refractivity contribution in [1.82, 2.24) is 4.98 Å². The predicted octanol–water partition coefficient (Wildman–Crippen LogP) is 1.73. The van der Waals surface area contributed by atoms with Crippen LogP contribution in [0, 0.1) is 18.3 Å². The topological polar surface area (TPSA) is 49.1 Å². The summed E-state index contributed by atoms with van der Waals surface area (Å²) in [5, 5.41) is 9.08. The van der Waals surface area contributed by atoms with Gasteiger partial charge in [0, 0.05) is 33.5 Å². The summed E-state index contributed by atoms with van der Waals surface area (Å²) < 4.78 is 5.00.